The Morgan fingerprint density at radius 2 is 1.75 bits per heavy atom. The van der Waals surface area contributed by atoms with E-state index in [9.17, 15) is 30.3 Å². The third-order valence-electron chi connectivity index (χ3n) is 5.25. The van der Waals surface area contributed by atoms with Gasteiger partial charge in [-0.3, -0.25) is 4.79 Å². The highest BCUT2D eigenvalue weighted by molar-refractivity contribution is 5.92. The van der Waals surface area contributed by atoms with Crippen LogP contribution in [0.2, 0.25) is 0 Å². The standard InChI is InChI=1S/C22H22O10/c1-29-20-12(25)8-14(31-22-19(28)18(27)17(26)15(9-23)32-22)16-11(24)7-13(30-21(16)20)10-5-3-2-4-6-10/h2-8,15,17-19,22-23,25-28H,9H2,1H3/t15-,17-,18+,19-,22-/m1/s1. The molecule has 0 unspecified atom stereocenters. The molecule has 1 aliphatic heterocycles. The Kier molecular flexibility index (Phi) is 6.04. The van der Waals surface area contributed by atoms with Crippen LogP contribution >= 0.6 is 0 Å². The number of benzene rings is 2. The van der Waals surface area contributed by atoms with Gasteiger partial charge < -0.3 is 44.2 Å². The molecule has 0 radical (unpaired) electrons. The van der Waals surface area contributed by atoms with Gasteiger partial charge in [0.15, 0.2) is 16.8 Å². The number of ether oxygens (including phenoxy) is 3. The first-order valence-electron chi connectivity index (χ1n) is 9.76. The summed E-state index contributed by atoms with van der Waals surface area (Å²) >= 11 is 0. The molecular formula is C22H22O10. The Bertz CT molecular complexity index is 1160. The molecule has 0 bridgehead atoms. The van der Waals surface area contributed by atoms with Crippen molar-refractivity contribution in [1.29, 1.82) is 0 Å². The molecule has 10 heteroatoms. The van der Waals surface area contributed by atoms with Crippen molar-refractivity contribution in [1.82, 2.24) is 0 Å². The summed E-state index contributed by atoms with van der Waals surface area (Å²) in [6, 6.07) is 11.2. The van der Waals surface area contributed by atoms with Crippen molar-refractivity contribution in [2.24, 2.45) is 0 Å². The predicted octanol–water partition coefficient (Wildman–Crippen LogP) is 0.353. The fraction of sp³-hybridized carbons (Fsp3) is 0.318. The van der Waals surface area contributed by atoms with Crippen molar-refractivity contribution in [2.45, 2.75) is 30.7 Å². The van der Waals surface area contributed by atoms with E-state index >= 15 is 0 Å². The summed E-state index contributed by atoms with van der Waals surface area (Å²) < 4.78 is 22.0. The minimum Gasteiger partial charge on any atom is -0.504 e. The maximum absolute atomic E-state index is 13.0. The van der Waals surface area contributed by atoms with Crippen LogP contribution in [0.3, 0.4) is 0 Å². The summed E-state index contributed by atoms with van der Waals surface area (Å²) in [4.78, 5) is 13.0. The Morgan fingerprint density at radius 3 is 2.41 bits per heavy atom. The van der Waals surface area contributed by atoms with Crippen LogP contribution in [0, 0.1) is 0 Å². The highest BCUT2D eigenvalue weighted by Crippen LogP contribution is 2.41. The van der Waals surface area contributed by atoms with Gasteiger partial charge in [0, 0.05) is 17.7 Å². The predicted molar refractivity (Wildman–Crippen MR) is 111 cm³/mol. The van der Waals surface area contributed by atoms with Gasteiger partial charge in [-0.1, -0.05) is 30.3 Å². The Balaban J connectivity index is 1.83. The molecule has 0 amide bonds. The fourth-order valence-corrected chi connectivity index (χ4v) is 3.59. The summed E-state index contributed by atoms with van der Waals surface area (Å²) in [5.41, 5.74) is -0.00487. The van der Waals surface area contributed by atoms with Crippen molar-refractivity contribution in [2.75, 3.05) is 13.7 Å². The molecule has 0 spiro atoms. The molecule has 10 nitrogen and oxygen atoms in total. The summed E-state index contributed by atoms with van der Waals surface area (Å²) in [5, 5.41) is 49.9. The summed E-state index contributed by atoms with van der Waals surface area (Å²) in [6.07, 6.45) is -7.73. The lowest BCUT2D eigenvalue weighted by atomic mass is 9.99. The number of phenolic OH excluding ortho intramolecular Hbond substituents is 1. The van der Waals surface area contributed by atoms with E-state index in [1.807, 2.05) is 6.07 Å². The van der Waals surface area contributed by atoms with Gasteiger partial charge in [0.05, 0.1) is 13.7 Å². The van der Waals surface area contributed by atoms with E-state index in [4.69, 9.17) is 18.6 Å². The molecule has 1 fully saturated rings. The maximum Gasteiger partial charge on any atom is 0.229 e. The largest absolute Gasteiger partial charge is 0.504 e. The minimum absolute atomic E-state index is 0.0987. The van der Waals surface area contributed by atoms with Crippen molar-refractivity contribution in [3.05, 3.63) is 52.7 Å². The van der Waals surface area contributed by atoms with Crippen molar-refractivity contribution < 1.29 is 44.2 Å². The number of rotatable bonds is 5. The van der Waals surface area contributed by atoms with Gasteiger partial charge in [-0.05, 0) is 0 Å². The van der Waals surface area contributed by atoms with Gasteiger partial charge in [-0.25, -0.2) is 0 Å². The maximum atomic E-state index is 13.0. The number of aliphatic hydroxyl groups is 4. The molecular weight excluding hydrogens is 424 g/mol. The van der Waals surface area contributed by atoms with Gasteiger partial charge in [0.2, 0.25) is 12.0 Å². The van der Waals surface area contributed by atoms with Crippen LogP contribution in [0.25, 0.3) is 22.3 Å². The Morgan fingerprint density at radius 1 is 1.03 bits per heavy atom. The van der Waals surface area contributed by atoms with Crippen LogP contribution in [0.15, 0.2) is 51.7 Å². The van der Waals surface area contributed by atoms with E-state index < -0.39 is 48.5 Å². The SMILES string of the molecule is COc1c(O)cc(O[C@@H]2O[C@H](CO)[C@@H](O)[C@H](O)[C@H]2O)c2c(=O)cc(-c3ccccc3)oc12. The van der Waals surface area contributed by atoms with Crippen LogP contribution < -0.4 is 14.9 Å². The van der Waals surface area contributed by atoms with Crippen molar-refractivity contribution in [3.63, 3.8) is 0 Å². The number of aromatic hydroxyl groups is 1. The second-order valence-corrected chi connectivity index (χ2v) is 7.29. The average molecular weight is 446 g/mol. The van der Waals surface area contributed by atoms with Gasteiger partial charge >= 0.3 is 0 Å². The van der Waals surface area contributed by atoms with Crippen LogP contribution in [0.1, 0.15) is 0 Å². The Labute approximate surface area is 181 Å². The molecule has 5 N–H and O–H groups in total. The van der Waals surface area contributed by atoms with Crippen LogP contribution in [0.5, 0.6) is 17.2 Å². The quantitative estimate of drug-likeness (QED) is 0.370. The van der Waals surface area contributed by atoms with E-state index in [0.29, 0.717) is 5.56 Å². The molecule has 1 aliphatic rings. The van der Waals surface area contributed by atoms with E-state index in [2.05, 4.69) is 0 Å². The molecule has 170 valence electrons. The normalized spacial score (nSPS) is 25.6. The highest BCUT2D eigenvalue weighted by atomic mass is 16.7. The van der Waals surface area contributed by atoms with Crippen molar-refractivity contribution in [3.8, 4) is 28.6 Å². The lowest BCUT2D eigenvalue weighted by molar-refractivity contribution is -0.277. The van der Waals surface area contributed by atoms with E-state index in [-0.39, 0.29) is 28.2 Å². The topological polar surface area (TPSA) is 159 Å². The van der Waals surface area contributed by atoms with Gasteiger partial charge in [0.25, 0.3) is 0 Å². The molecule has 32 heavy (non-hydrogen) atoms. The van der Waals surface area contributed by atoms with E-state index in [0.717, 1.165) is 6.07 Å². The average Bonchev–Trinajstić information content (AvgIpc) is 2.79. The minimum atomic E-state index is -1.71. The molecule has 0 saturated carbocycles. The first-order chi connectivity index (χ1) is 15.3. The zero-order valence-corrected chi connectivity index (χ0v) is 16.9. The van der Waals surface area contributed by atoms with Gasteiger partial charge in [-0.2, -0.15) is 0 Å². The van der Waals surface area contributed by atoms with Gasteiger partial charge in [-0.15, -0.1) is 0 Å². The number of fused-ring (bicyclic) bond motifs is 1. The molecule has 0 aliphatic carbocycles. The summed E-state index contributed by atoms with van der Waals surface area (Å²) in [5.74, 6) is -0.495. The molecule has 5 atom stereocenters. The molecule has 4 rings (SSSR count). The third kappa shape index (κ3) is 3.78. The number of hydrogen-bond donors (Lipinski definition) is 5. The second-order valence-electron chi connectivity index (χ2n) is 7.29. The summed E-state index contributed by atoms with van der Waals surface area (Å²) in [6.45, 7) is -0.651. The monoisotopic (exact) mass is 446 g/mol. The number of hydrogen-bond acceptors (Lipinski definition) is 10. The zero-order chi connectivity index (χ0) is 23.0. The number of phenols is 1. The van der Waals surface area contributed by atoms with Crippen molar-refractivity contribution >= 4 is 11.0 Å². The van der Waals surface area contributed by atoms with Crippen LogP contribution in [0.4, 0.5) is 0 Å². The van der Waals surface area contributed by atoms with E-state index in [1.165, 1.54) is 13.2 Å². The van der Waals surface area contributed by atoms with E-state index in [1.54, 1.807) is 24.3 Å². The fourth-order valence-electron chi connectivity index (χ4n) is 3.59. The van der Waals surface area contributed by atoms with Gasteiger partial charge in [0.1, 0.15) is 41.3 Å². The smallest absolute Gasteiger partial charge is 0.229 e. The lowest BCUT2D eigenvalue weighted by Crippen LogP contribution is -2.60. The molecule has 2 heterocycles. The molecule has 1 saturated heterocycles. The summed E-state index contributed by atoms with van der Waals surface area (Å²) in [7, 11) is 1.29. The second kappa shape index (κ2) is 8.77. The molecule has 1 aromatic heterocycles. The number of aliphatic hydroxyl groups excluding tert-OH is 4. The van der Waals surface area contributed by atoms with Crippen LogP contribution in [-0.4, -0.2) is 70.0 Å². The first-order valence-corrected chi connectivity index (χ1v) is 9.76. The van der Waals surface area contributed by atoms with Crippen LogP contribution in [-0.2, 0) is 4.74 Å². The Hall–Kier alpha value is -3.15. The number of methoxy groups -OCH3 is 1. The lowest BCUT2D eigenvalue weighted by Gasteiger charge is -2.39. The highest BCUT2D eigenvalue weighted by Gasteiger charge is 2.45. The molecule has 2 aromatic carbocycles. The molecule has 3 aromatic rings. The third-order valence-corrected chi connectivity index (χ3v) is 5.25. The zero-order valence-electron chi connectivity index (χ0n) is 16.9. The first kappa shape index (κ1) is 22.1.